The van der Waals surface area contributed by atoms with Crippen LogP contribution >= 0.6 is 0 Å². The normalized spacial score (nSPS) is 10.8. The summed E-state index contributed by atoms with van der Waals surface area (Å²) in [6.07, 6.45) is 6.11. The van der Waals surface area contributed by atoms with E-state index in [0.717, 1.165) is 49.5 Å². The zero-order valence-electron chi connectivity index (χ0n) is 25.8. The molecule has 0 saturated carbocycles. The van der Waals surface area contributed by atoms with Crippen molar-refractivity contribution in [3.63, 3.8) is 0 Å². The summed E-state index contributed by atoms with van der Waals surface area (Å²) in [6.45, 7) is 4.67. The fourth-order valence-electron chi connectivity index (χ4n) is 4.39. The molecule has 3 rings (SSSR count). The summed E-state index contributed by atoms with van der Waals surface area (Å²) in [5.74, 6) is 0.239. The Hall–Kier alpha value is -4.05. The van der Waals surface area contributed by atoms with Crippen LogP contribution in [0.25, 0.3) is 0 Å². The molecule has 0 saturated heterocycles. The molecule has 0 fully saturated rings. The van der Waals surface area contributed by atoms with Crippen molar-refractivity contribution < 1.29 is 42.4 Å². The number of para-hydroxylation sites is 1. The van der Waals surface area contributed by atoms with E-state index in [0.29, 0.717) is 42.4 Å². The molecule has 10 heteroatoms. The Morgan fingerprint density at radius 3 is 2.02 bits per heavy atom. The van der Waals surface area contributed by atoms with Crippen molar-refractivity contribution in [2.45, 2.75) is 76.5 Å². The number of carbonyl (C=O) groups is 2. The topological polar surface area (TPSA) is 136 Å². The van der Waals surface area contributed by atoms with Crippen LogP contribution in [0, 0.1) is 0 Å². The Bertz CT molecular complexity index is 1420. The summed E-state index contributed by atoms with van der Waals surface area (Å²) >= 11 is 0. The van der Waals surface area contributed by atoms with Crippen molar-refractivity contribution in [3.8, 4) is 23.0 Å². The largest absolute Gasteiger partial charge is 0.493 e. The van der Waals surface area contributed by atoms with Crippen LogP contribution in [0.4, 0.5) is 0 Å². The number of hydrogen-bond acceptors (Lipinski definition) is 7. The van der Waals surface area contributed by atoms with Crippen LogP contribution in [0.15, 0.2) is 71.6 Å². The first kappa shape index (κ1) is 36.1. The van der Waals surface area contributed by atoms with Gasteiger partial charge in [0.05, 0.1) is 18.1 Å². The van der Waals surface area contributed by atoms with Gasteiger partial charge in [0.1, 0.15) is 23.0 Å². The van der Waals surface area contributed by atoms with E-state index >= 15 is 0 Å². The minimum Gasteiger partial charge on any atom is -0.493 e. The standard InChI is InChI=1S/C32H38O9S.C2H6/c1-42(37,38)28-22-26(21-27(23-28)41-25-13-6-4-7-14-25)39-19-8-3-2-5-11-24-12-9-15-30(29(24)17-18-32(35)36)40-20-10-16-31(33)34;1-2/h4,6-7,9,12-15,21-23H,2-3,5,8,10-11,16-20H2,1H3,(H,33,34)(H,35,36);1-2H3. The summed E-state index contributed by atoms with van der Waals surface area (Å²) in [5, 5.41) is 18.0. The maximum absolute atomic E-state index is 12.2. The fraction of sp³-hybridized carbons (Fsp3) is 0.412. The molecule has 0 amide bonds. The van der Waals surface area contributed by atoms with Crippen LogP contribution in [0.2, 0.25) is 0 Å². The first-order valence-electron chi connectivity index (χ1n) is 15.0. The number of hydrogen-bond donors (Lipinski definition) is 2. The van der Waals surface area contributed by atoms with Gasteiger partial charge in [-0.2, -0.15) is 0 Å². The van der Waals surface area contributed by atoms with Gasteiger partial charge in [0.15, 0.2) is 9.84 Å². The van der Waals surface area contributed by atoms with Crippen LogP contribution < -0.4 is 14.2 Å². The number of unbranched alkanes of at least 4 members (excludes halogenated alkanes) is 3. The van der Waals surface area contributed by atoms with Gasteiger partial charge in [-0.15, -0.1) is 0 Å². The monoisotopic (exact) mass is 628 g/mol. The van der Waals surface area contributed by atoms with Crippen LogP contribution in [-0.4, -0.2) is 50.0 Å². The van der Waals surface area contributed by atoms with E-state index in [1.807, 2.05) is 44.2 Å². The minimum absolute atomic E-state index is 0.0135. The Morgan fingerprint density at radius 1 is 0.682 bits per heavy atom. The number of aryl methyl sites for hydroxylation is 1. The molecular weight excluding hydrogens is 584 g/mol. The highest BCUT2D eigenvalue weighted by molar-refractivity contribution is 7.90. The first-order valence-corrected chi connectivity index (χ1v) is 16.9. The van der Waals surface area contributed by atoms with Gasteiger partial charge >= 0.3 is 11.9 Å². The predicted octanol–water partition coefficient (Wildman–Crippen LogP) is 7.35. The van der Waals surface area contributed by atoms with Crippen molar-refractivity contribution >= 4 is 21.8 Å². The van der Waals surface area contributed by atoms with E-state index in [2.05, 4.69) is 0 Å². The van der Waals surface area contributed by atoms with Crippen LogP contribution in [-0.2, 0) is 32.3 Å². The lowest BCUT2D eigenvalue weighted by Gasteiger charge is -2.15. The maximum Gasteiger partial charge on any atom is 0.303 e. The lowest BCUT2D eigenvalue weighted by atomic mass is 9.97. The van der Waals surface area contributed by atoms with Gasteiger partial charge in [-0.05, 0) is 73.6 Å². The fourth-order valence-corrected chi connectivity index (χ4v) is 5.05. The molecular formula is C34H44O9S. The van der Waals surface area contributed by atoms with Gasteiger partial charge in [0.25, 0.3) is 0 Å². The predicted molar refractivity (Wildman–Crippen MR) is 170 cm³/mol. The average molecular weight is 629 g/mol. The molecule has 3 aromatic rings. The second-order valence-corrected chi connectivity index (χ2v) is 12.0. The Balaban J connectivity index is 0.00000330. The van der Waals surface area contributed by atoms with E-state index in [-0.39, 0.29) is 24.3 Å². The highest BCUT2D eigenvalue weighted by atomic mass is 32.2. The lowest BCUT2D eigenvalue weighted by Crippen LogP contribution is -2.07. The molecule has 0 atom stereocenters. The number of rotatable bonds is 19. The van der Waals surface area contributed by atoms with Gasteiger partial charge in [-0.1, -0.05) is 57.0 Å². The molecule has 0 aliphatic rings. The number of carboxylic acid groups (broad SMARTS) is 2. The summed E-state index contributed by atoms with van der Waals surface area (Å²) < 4.78 is 41.9. The van der Waals surface area contributed by atoms with E-state index in [9.17, 15) is 23.1 Å². The molecule has 0 unspecified atom stereocenters. The molecule has 0 radical (unpaired) electrons. The van der Waals surface area contributed by atoms with E-state index in [1.165, 1.54) is 12.1 Å². The average Bonchev–Trinajstić information content (AvgIpc) is 2.99. The van der Waals surface area contributed by atoms with Crippen molar-refractivity contribution in [2.75, 3.05) is 19.5 Å². The maximum atomic E-state index is 12.2. The van der Waals surface area contributed by atoms with E-state index in [1.54, 1.807) is 24.3 Å². The SMILES string of the molecule is CC.CS(=O)(=O)c1cc(OCCCCCCc2cccc(OCCCC(=O)O)c2CCC(=O)O)cc(Oc2ccccc2)c1. The van der Waals surface area contributed by atoms with Gasteiger partial charge in [0.2, 0.25) is 0 Å². The van der Waals surface area contributed by atoms with Crippen LogP contribution in [0.5, 0.6) is 23.0 Å². The molecule has 0 aliphatic heterocycles. The molecule has 0 bridgehead atoms. The lowest BCUT2D eigenvalue weighted by molar-refractivity contribution is -0.138. The molecule has 3 aromatic carbocycles. The van der Waals surface area contributed by atoms with Crippen molar-refractivity contribution in [2.24, 2.45) is 0 Å². The number of aliphatic carboxylic acids is 2. The number of carboxylic acids is 2. The van der Waals surface area contributed by atoms with Gasteiger partial charge in [0, 0.05) is 25.2 Å². The molecule has 0 aromatic heterocycles. The summed E-state index contributed by atoms with van der Waals surface area (Å²) in [6, 6.07) is 19.4. The van der Waals surface area contributed by atoms with Crippen molar-refractivity contribution in [3.05, 3.63) is 77.9 Å². The number of benzene rings is 3. The highest BCUT2D eigenvalue weighted by Crippen LogP contribution is 2.30. The molecule has 9 nitrogen and oxygen atoms in total. The Labute approximate surface area is 260 Å². The third-order valence-corrected chi connectivity index (χ3v) is 7.57. The molecule has 44 heavy (non-hydrogen) atoms. The molecule has 0 heterocycles. The number of ether oxygens (including phenoxy) is 3. The summed E-state index contributed by atoms with van der Waals surface area (Å²) in [4.78, 5) is 22.1. The van der Waals surface area contributed by atoms with E-state index < -0.39 is 21.8 Å². The summed E-state index contributed by atoms with van der Waals surface area (Å²) in [5.41, 5.74) is 1.89. The Kier molecular flexibility index (Phi) is 15.8. The third-order valence-electron chi connectivity index (χ3n) is 6.48. The molecule has 240 valence electrons. The number of sulfone groups is 1. The zero-order valence-corrected chi connectivity index (χ0v) is 26.6. The van der Waals surface area contributed by atoms with Crippen LogP contribution in [0.1, 0.15) is 69.9 Å². The Morgan fingerprint density at radius 2 is 1.34 bits per heavy atom. The zero-order chi connectivity index (χ0) is 32.4. The third kappa shape index (κ3) is 13.5. The molecule has 0 aliphatic carbocycles. The van der Waals surface area contributed by atoms with Crippen molar-refractivity contribution in [1.82, 2.24) is 0 Å². The van der Waals surface area contributed by atoms with Gasteiger partial charge in [-0.3, -0.25) is 9.59 Å². The molecule has 0 spiro atoms. The quantitative estimate of drug-likeness (QED) is 0.131. The van der Waals surface area contributed by atoms with Crippen LogP contribution in [0.3, 0.4) is 0 Å². The highest BCUT2D eigenvalue weighted by Gasteiger charge is 2.14. The second-order valence-electron chi connectivity index (χ2n) is 9.97. The smallest absolute Gasteiger partial charge is 0.303 e. The van der Waals surface area contributed by atoms with Gasteiger partial charge in [-0.25, -0.2) is 8.42 Å². The minimum atomic E-state index is -3.46. The molecule has 2 N–H and O–H groups in total. The van der Waals surface area contributed by atoms with E-state index in [4.69, 9.17) is 19.3 Å². The first-order chi connectivity index (χ1) is 21.1. The second kappa shape index (κ2) is 19.3. The van der Waals surface area contributed by atoms with Crippen molar-refractivity contribution in [1.29, 1.82) is 0 Å². The summed E-state index contributed by atoms with van der Waals surface area (Å²) in [7, 11) is -3.46. The van der Waals surface area contributed by atoms with Gasteiger partial charge < -0.3 is 24.4 Å².